The lowest BCUT2D eigenvalue weighted by Gasteiger charge is -2.38. The summed E-state index contributed by atoms with van der Waals surface area (Å²) in [5.74, 6) is -0.202. The van der Waals surface area contributed by atoms with Gasteiger partial charge in [0.1, 0.15) is 5.84 Å². The predicted octanol–water partition coefficient (Wildman–Crippen LogP) is 3.15. The standard InChI is InChI=1S/C27H39F2N7O/c1-17(37)35-11-7-24(34-20-5-8-33-9-6-20)23(16-35)27(31)36-10-3-4-18-12-21(19(14-30)15-32-2)22(26(28)29)13-25(18)36/h12-14,19-20,26,30-34H,3-11,15-16H2,1-2H3. The number of anilines is 1. The highest BCUT2D eigenvalue weighted by Crippen LogP contribution is 2.38. The lowest BCUT2D eigenvalue weighted by atomic mass is 9.88. The van der Waals surface area contributed by atoms with Gasteiger partial charge in [0.2, 0.25) is 5.91 Å². The molecule has 3 aliphatic rings. The second-order valence-electron chi connectivity index (χ2n) is 10.2. The molecule has 37 heavy (non-hydrogen) atoms. The average Bonchev–Trinajstić information content (AvgIpc) is 2.90. The Labute approximate surface area is 217 Å². The number of piperidine rings is 1. The normalized spacial score (nSPS) is 19.6. The van der Waals surface area contributed by atoms with Crippen molar-refractivity contribution < 1.29 is 13.6 Å². The first-order chi connectivity index (χ1) is 17.8. The Morgan fingerprint density at radius 1 is 1.22 bits per heavy atom. The molecule has 1 unspecified atom stereocenters. The molecule has 1 amide bonds. The third kappa shape index (κ3) is 6.01. The van der Waals surface area contributed by atoms with Gasteiger partial charge in [-0.25, -0.2) is 8.78 Å². The van der Waals surface area contributed by atoms with E-state index in [4.69, 9.17) is 5.41 Å². The molecule has 0 aliphatic carbocycles. The smallest absolute Gasteiger partial charge is 0.264 e. The Morgan fingerprint density at radius 3 is 2.62 bits per heavy atom. The van der Waals surface area contributed by atoms with Gasteiger partial charge in [-0.05, 0) is 63.0 Å². The number of nitrogens with one attached hydrogen (secondary N) is 5. The number of rotatable bonds is 8. The van der Waals surface area contributed by atoms with Crippen molar-refractivity contribution in [3.05, 3.63) is 40.1 Å². The van der Waals surface area contributed by atoms with Crippen molar-refractivity contribution in [3.63, 3.8) is 0 Å². The lowest BCUT2D eigenvalue weighted by molar-refractivity contribution is -0.128. The number of carbonyl (C=O) groups excluding carboxylic acids is 1. The first kappa shape index (κ1) is 27.2. The lowest BCUT2D eigenvalue weighted by Crippen LogP contribution is -2.47. The van der Waals surface area contributed by atoms with Crippen LogP contribution in [0.25, 0.3) is 0 Å². The van der Waals surface area contributed by atoms with E-state index in [-0.39, 0.29) is 17.3 Å². The number of nitrogens with zero attached hydrogens (tertiary/aromatic N) is 2. The van der Waals surface area contributed by atoms with Crippen molar-refractivity contribution in [2.24, 2.45) is 0 Å². The van der Waals surface area contributed by atoms with E-state index >= 15 is 0 Å². The van der Waals surface area contributed by atoms with Crippen LogP contribution in [0.3, 0.4) is 0 Å². The SMILES string of the molecule is CNCC(C=N)c1cc2c(cc1C(F)F)N(C(=N)C1=C(NC3CCNCC3)CCN(C(C)=O)C1)CCC2. The van der Waals surface area contributed by atoms with Gasteiger partial charge in [-0.1, -0.05) is 6.07 Å². The Kier molecular flexibility index (Phi) is 8.91. The minimum atomic E-state index is -2.68. The monoisotopic (exact) mass is 515 g/mol. The van der Waals surface area contributed by atoms with Gasteiger partial charge in [-0.15, -0.1) is 0 Å². The highest BCUT2D eigenvalue weighted by Gasteiger charge is 2.32. The van der Waals surface area contributed by atoms with Crippen LogP contribution in [0.15, 0.2) is 23.4 Å². The maximum Gasteiger partial charge on any atom is 0.264 e. The highest BCUT2D eigenvalue weighted by atomic mass is 19.3. The van der Waals surface area contributed by atoms with Crippen LogP contribution in [0.1, 0.15) is 61.6 Å². The van der Waals surface area contributed by atoms with E-state index in [1.165, 1.54) is 12.3 Å². The number of likely N-dealkylation sites (N-methyl/N-ethyl adjacent to an activating group) is 1. The molecule has 1 aromatic rings. The number of fused-ring (bicyclic) bond motifs is 1. The highest BCUT2D eigenvalue weighted by molar-refractivity contribution is 6.09. The van der Waals surface area contributed by atoms with E-state index in [1.807, 2.05) is 11.0 Å². The number of amidine groups is 1. The van der Waals surface area contributed by atoms with Crippen molar-refractivity contribution in [1.82, 2.24) is 20.9 Å². The van der Waals surface area contributed by atoms with Gasteiger partial charge in [0, 0.05) is 73.7 Å². The molecule has 4 rings (SSSR count). The van der Waals surface area contributed by atoms with E-state index in [0.29, 0.717) is 49.9 Å². The molecular weight excluding hydrogens is 476 g/mol. The summed E-state index contributed by atoms with van der Waals surface area (Å²) in [5.41, 5.74) is 3.70. The molecule has 5 N–H and O–H groups in total. The maximum atomic E-state index is 14.2. The van der Waals surface area contributed by atoms with Crippen LogP contribution in [-0.4, -0.2) is 75.2 Å². The molecule has 0 aromatic heterocycles. The van der Waals surface area contributed by atoms with Crippen LogP contribution in [0.4, 0.5) is 14.5 Å². The molecule has 202 valence electrons. The largest absolute Gasteiger partial charge is 0.385 e. The van der Waals surface area contributed by atoms with E-state index in [9.17, 15) is 19.0 Å². The third-order valence-corrected chi connectivity index (χ3v) is 7.73. The molecule has 0 bridgehead atoms. The molecule has 3 heterocycles. The second-order valence-corrected chi connectivity index (χ2v) is 10.2. The first-order valence-corrected chi connectivity index (χ1v) is 13.2. The summed E-state index contributed by atoms with van der Waals surface area (Å²) in [5, 5.41) is 27.1. The molecule has 3 aliphatic heterocycles. The third-order valence-electron chi connectivity index (χ3n) is 7.73. The molecule has 10 heteroatoms. The van der Waals surface area contributed by atoms with Gasteiger partial charge < -0.3 is 31.2 Å². The zero-order valence-electron chi connectivity index (χ0n) is 21.8. The predicted molar refractivity (Wildman–Crippen MR) is 143 cm³/mol. The summed E-state index contributed by atoms with van der Waals surface area (Å²) in [6, 6.07) is 3.66. The molecule has 1 saturated heterocycles. The summed E-state index contributed by atoms with van der Waals surface area (Å²) in [7, 11) is 1.75. The number of alkyl halides is 2. The summed E-state index contributed by atoms with van der Waals surface area (Å²) in [6.07, 6.45) is 2.70. The van der Waals surface area contributed by atoms with Crippen LogP contribution in [0.2, 0.25) is 0 Å². The van der Waals surface area contributed by atoms with Crippen molar-refractivity contribution in [3.8, 4) is 0 Å². The van der Waals surface area contributed by atoms with Gasteiger partial charge in [-0.2, -0.15) is 0 Å². The summed E-state index contributed by atoms with van der Waals surface area (Å²) >= 11 is 0. The summed E-state index contributed by atoms with van der Waals surface area (Å²) in [4.78, 5) is 15.8. The summed E-state index contributed by atoms with van der Waals surface area (Å²) in [6.45, 7) is 5.34. The van der Waals surface area contributed by atoms with Crippen LogP contribution in [0, 0.1) is 10.8 Å². The van der Waals surface area contributed by atoms with Crippen molar-refractivity contribution >= 4 is 23.6 Å². The van der Waals surface area contributed by atoms with E-state index in [2.05, 4.69) is 16.0 Å². The summed E-state index contributed by atoms with van der Waals surface area (Å²) < 4.78 is 28.5. The van der Waals surface area contributed by atoms with Gasteiger partial charge >= 0.3 is 0 Å². The number of aryl methyl sites for hydroxylation is 1. The average molecular weight is 516 g/mol. The molecule has 1 aromatic carbocycles. The Morgan fingerprint density at radius 2 is 1.97 bits per heavy atom. The number of hydrogen-bond donors (Lipinski definition) is 5. The molecular formula is C27H39F2N7O. The number of benzene rings is 1. The van der Waals surface area contributed by atoms with Crippen molar-refractivity contribution in [2.45, 2.75) is 57.4 Å². The fourth-order valence-corrected chi connectivity index (χ4v) is 5.67. The van der Waals surface area contributed by atoms with E-state index in [1.54, 1.807) is 18.9 Å². The van der Waals surface area contributed by atoms with Crippen LogP contribution >= 0.6 is 0 Å². The molecule has 1 atom stereocenters. The van der Waals surface area contributed by atoms with E-state index in [0.717, 1.165) is 55.6 Å². The number of hydrogen-bond acceptors (Lipinski definition) is 6. The first-order valence-electron chi connectivity index (χ1n) is 13.2. The van der Waals surface area contributed by atoms with E-state index < -0.39 is 12.3 Å². The molecule has 8 nitrogen and oxygen atoms in total. The zero-order chi connectivity index (χ0) is 26.5. The fraction of sp³-hybridized carbons (Fsp3) is 0.593. The molecule has 0 radical (unpaired) electrons. The maximum absolute atomic E-state index is 14.2. The van der Waals surface area contributed by atoms with Gasteiger partial charge in [-0.3, -0.25) is 10.2 Å². The van der Waals surface area contributed by atoms with Crippen molar-refractivity contribution in [2.75, 3.05) is 51.2 Å². The van der Waals surface area contributed by atoms with Gasteiger partial charge in [0.05, 0.1) is 6.54 Å². The Balaban J connectivity index is 1.71. The molecule has 0 saturated carbocycles. The fourth-order valence-electron chi connectivity index (χ4n) is 5.67. The van der Waals surface area contributed by atoms with Crippen molar-refractivity contribution in [1.29, 1.82) is 10.8 Å². The number of carbonyl (C=O) groups is 1. The van der Waals surface area contributed by atoms with Crippen LogP contribution in [0.5, 0.6) is 0 Å². The minimum absolute atomic E-state index is 0.0305. The molecule has 1 fully saturated rings. The van der Waals surface area contributed by atoms with Gasteiger partial charge in [0.25, 0.3) is 6.43 Å². The topological polar surface area (TPSA) is 107 Å². The quantitative estimate of drug-likeness (QED) is 0.270. The Hall–Kier alpha value is -2.85. The number of halogens is 2. The Bertz CT molecular complexity index is 1050. The molecule has 0 spiro atoms. The number of amides is 1. The second kappa shape index (κ2) is 12.1. The zero-order valence-corrected chi connectivity index (χ0v) is 21.8. The van der Waals surface area contributed by atoms with Crippen LogP contribution in [-0.2, 0) is 11.2 Å². The minimum Gasteiger partial charge on any atom is -0.385 e. The van der Waals surface area contributed by atoms with Gasteiger partial charge in [0.15, 0.2) is 0 Å². The van der Waals surface area contributed by atoms with Crippen LogP contribution < -0.4 is 20.9 Å².